The minimum Gasteiger partial charge on any atom is -0.481 e. The standard InChI is InChI=1S/C16H17FN4O2/c17-12-3-5-13(6-4-12)20-14-8-15(19-10-18-14)21-7-1-2-11(9-21)16(22)23/h3-6,8,10-11H,1-2,7,9H2,(H,22,23)(H,18,19,20)/t11-/m1/s1. The van der Waals surface area contributed by atoms with Gasteiger partial charge in [0.25, 0.3) is 0 Å². The SMILES string of the molecule is O=C(O)[C@@H]1CCCN(c2cc(Nc3ccc(F)cc3)ncn2)C1. The van der Waals surface area contributed by atoms with Crippen molar-refractivity contribution in [3.05, 3.63) is 42.5 Å². The summed E-state index contributed by atoms with van der Waals surface area (Å²) in [5.74, 6) is -0.165. The molecule has 6 nitrogen and oxygen atoms in total. The van der Waals surface area contributed by atoms with E-state index in [1.165, 1.54) is 18.5 Å². The highest BCUT2D eigenvalue weighted by molar-refractivity contribution is 5.71. The zero-order valence-electron chi connectivity index (χ0n) is 12.4. The number of carbonyl (C=O) groups is 1. The van der Waals surface area contributed by atoms with Gasteiger partial charge in [-0.15, -0.1) is 0 Å². The highest BCUT2D eigenvalue weighted by Gasteiger charge is 2.26. The van der Waals surface area contributed by atoms with Gasteiger partial charge in [0.2, 0.25) is 0 Å². The number of halogens is 1. The van der Waals surface area contributed by atoms with Crippen LogP contribution in [0.25, 0.3) is 0 Å². The normalized spacial score (nSPS) is 17.8. The van der Waals surface area contributed by atoms with Crippen LogP contribution in [-0.2, 0) is 4.79 Å². The van der Waals surface area contributed by atoms with Crippen LogP contribution in [0.4, 0.5) is 21.7 Å². The highest BCUT2D eigenvalue weighted by Crippen LogP contribution is 2.24. The number of piperidine rings is 1. The fraction of sp³-hybridized carbons (Fsp3) is 0.312. The Morgan fingerprint density at radius 1 is 1.30 bits per heavy atom. The molecule has 2 N–H and O–H groups in total. The van der Waals surface area contributed by atoms with Gasteiger partial charge in [-0.2, -0.15) is 0 Å². The lowest BCUT2D eigenvalue weighted by Crippen LogP contribution is -2.39. The predicted molar refractivity (Wildman–Crippen MR) is 84.3 cm³/mol. The van der Waals surface area contributed by atoms with E-state index in [1.807, 2.05) is 4.90 Å². The number of carboxylic acids is 1. The molecule has 1 atom stereocenters. The van der Waals surface area contributed by atoms with E-state index in [4.69, 9.17) is 0 Å². The first-order chi connectivity index (χ1) is 11.1. The monoisotopic (exact) mass is 316 g/mol. The van der Waals surface area contributed by atoms with Crippen LogP contribution in [0.1, 0.15) is 12.8 Å². The Morgan fingerprint density at radius 3 is 2.83 bits per heavy atom. The molecular formula is C16H17FN4O2. The van der Waals surface area contributed by atoms with Crippen LogP contribution >= 0.6 is 0 Å². The van der Waals surface area contributed by atoms with Gasteiger partial charge >= 0.3 is 5.97 Å². The van der Waals surface area contributed by atoms with Gasteiger partial charge in [-0.05, 0) is 37.1 Å². The first-order valence-electron chi connectivity index (χ1n) is 7.44. The molecule has 0 saturated carbocycles. The van der Waals surface area contributed by atoms with E-state index in [9.17, 15) is 14.3 Å². The van der Waals surface area contributed by atoms with E-state index in [0.29, 0.717) is 24.6 Å². The molecule has 3 rings (SSSR count). The predicted octanol–water partition coefficient (Wildman–Crippen LogP) is 2.66. The van der Waals surface area contributed by atoms with Gasteiger partial charge in [0.05, 0.1) is 5.92 Å². The van der Waals surface area contributed by atoms with Crippen LogP contribution in [0, 0.1) is 11.7 Å². The van der Waals surface area contributed by atoms with Gasteiger partial charge in [-0.25, -0.2) is 14.4 Å². The third-order valence-electron chi connectivity index (χ3n) is 3.86. The third kappa shape index (κ3) is 3.74. The quantitative estimate of drug-likeness (QED) is 0.903. The van der Waals surface area contributed by atoms with Crippen molar-refractivity contribution in [1.29, 1.82) is 0 Å². The van der Waals surface area contributed by atoms with E-state index in [-0.39, 0.29) is 11.7 Å². The Bertz CT molecular complexity index is 693. The molecule has 1 fully saturated rings. The first kappa shape index (κ1) is 15.2. The lowest BCUT2D eigenvalue weighted by Gasteiger charge is -2.31. The molecular weight excluding hydrogens is 299 g/mol. The number of aromatic nitrogens is 2. The second-order valence-electron chi connectivity index (χ2n) is 5.52. The van der Waals surface area contributed by atoms with Crippen molar-refractivity contribution >= 4 is 23.3 Å². The van der Waals surface area contributed by atoms with E-state index < -0.39 is 5.97 Å². The number of nitrogens with zero attached hydrogens (tertiary/aromatic N) is 3. The van der Waals surface area contributed by atoms with Crippen molar-refractivity contribution in [2.45, 2.75) is 12.8 Å². The molecule has 0 unspecified atom stereocenters. The number of anilines is 3. The summed E-state index contributed by atoms with van der Waals surface area (Å²) in [7, 11) is 0. The molecule has 0 amide bonds. The van der Waals surface area contributed by atoms with Crippen molar-refractivity contribution in [1.82, 2.24) is 9.97 Å². The number of rotatable bonds is 4. The van der Waals surface area contributed by atoms with Crippen molar-refractivity contribution in [3.8, 4) is 0 Å². The van der Waals surface area contributed by atoms with E-state index in [2.05, 4.69) is 15.3 Å². The number of hydrogen-bond donors (Lipinski definition) is 2. The number of aliphatic carboxylic acids is 1. The molecule has 1 aliphatic rings. The van der Waals surface area contributed by atoms with Crippen LogP contribution in [0.5, 0.6) is 0 Å². The van der Waals surface area contributed by atoms with Crippen LogP contribution in [0.3, 0.4) is 0 Å². The molecule has 7 heteroatoms. The summed E-state index contributed by atoms with van der Waals surface area (Å²) in [6, 6.07) is 7.75. The number of benzene rings is 1. The Balaban J connectivity index is 1.74. The minimum atomic E-state index is -0.770. The molecule has 2 aromatic rings. The second kappa shape index (κ2) is 6.60. The lowest BCUT2D eigenvalue weighted by molar-refractivity contribution is -0.141. The highest BCUT2D eigenvalue weighted by atomic mass is 19.1. The van der Waals surface area contributed by atoms with Crippen LogP contribution in [0.2, 0.25) is 0 Å². The molecule has 1 aliphatic heterocycles. The van der Waals surface area contributed by atoms with E-state index >= 15 is 0 Å². The molecule has 0 radical (unpaired) electrons. The largest absolute Gasteiger partial charge is 0.481 e. The van der Waals surface area contributed by atoms with Crippen LogP contribution < -0.4 is 10.2 Å². The van der Waals surface area contributed by atoms with Gasteiger partial charge in [0.15, 0.2) is 0 Å². The molecule has 0 spiro atoms. The van der Waals surface area contributed by atoms with Gasteiger partial charge in [-0.1, -0.05) is 0 Å². The average Bonchev–Trinajstić information content (AvgIpc) is 2.57. The smallest absolute Gasteiger partial charge is 0.308 e. The summed E-state index contributed by atoms with van der Waals surface area (Å²) in [6.07, 6.45) is 2.95. The maximum atomic E-state index is 12.9. The maximum absolute atomic E-state index is 12.9. The molecule has 23 heavy (non-hydrogen) atoms. The molecule has 0 aliphatic carbocycles. The molecule has 2 heterocycles. The molecule has 1 saturated heterocycles. The summed E-state index contributed by atoms with van der Waals surface area (Å²) in [5.41, 5.74) is 0.720. The summed E-state index contributed by atoms with van der Waals surface area (Å²) >= 11 is 0. The molecule has 1 aromatic heterocycles. The van der Waals surface area contributed by atoms with Crippen molar-refractivity contribution in [2.75, 3.05) is 23.3 Å². The van der Waals surface area contributed by atoms with Crippen molar-refractivity contribution < 1.29 is 14.3 Å². The van der Waals surface area contributed by atoms with Gasteiger partial charge < -0.3 is 15.3 Å². The maximum Gasteiger partial charge on any atom is 0.308 e. The Hall–Kier alpha value is -2.70. The molecule has 120 valence electrons. The van der Waals surface area contributed by atoms with Gasteiger partial charge in [0, 0.05) is 24.8 Å². The summed E-state index contributed by atoms with van der Waals surface area (Å²) in [4.78, 5) is 21.5. The Kier molecular flexibility index (Phi) is 4.36. The van der Waals surface area contributed by atoms with E-state index in [1.54, 1.807) is 18.2 Å². The third-order valence-corrected chi connectivity index (χ3v) is 3.86. The fourth-order valence-electron chi connectivity index (χ4n) is 2.66. The van der Waals surface area contributed by atoms with Gasteiger partial charge in [0.1, 0.15) is 23.8 Å². The Morgan fingerprint density at radius 2 is 2.09 bits per heavy atom. The van der Waals surface area contributed by atoms with Crippen molar-refractivity contribution in [3.63, 3.8) is 0 Å². The zero-order chi connectivity index (χ0) is 16.2. The van der Waals surface area contributed by atoms with Crippen LogP contribution in [-0.4, -0.2) is 34.1 Å². The first-order valence-corrected chi connectivity index (χ1v) is 7.44. The summed E-state index contributed by atoms with van der Waals surface area (Å²) < 4.78 is 12.9. The van der Waals surface area contributed by atoms with Crippen molar-refractivity contribution in [2.24, 2.45) is 5.92 Å². The summed E-state index contributed by atoms with van der Waals surface area (Å²) in [5, 5.41) is 12.3. The summed E-state index contributed by atoms with van der Waals surface area (Å²) in [6.45, 7) is 1.22. The Labute approximate surface area is 133 Å². The number of nitrogens with one attached hydrogen (secondary N) is 1. The zero-order valence-corrected chi connectivity index (χ0v) is 12.4. The lowest BCUT2D eigenvalue weighted by atomic mass is 9.98. The molecule has 0 bridgehead atoms. The fourth-order valence-corrected chi connectivity index (χ4v) is 2.66. The van der Waals surface area contributed by atoms with Gasteiger partial charge in [-0.3, -0.25) is 4.79 Å². The molecule has 1 aromatic carbocycles. The van der Waals surface area contributed by atoms with E-state index in [0.717, 1.165) is 18.7 Å². The number of hydrogen-bond acceptors (Lipinski definition) is 5. The van der Waals surface area contributed by atoms with Crippen LogP contribution in [0.15, 0.2) is 36.7 Å². The number of carboxylic acid groups (broad SMARTS) is 1. The average molecular weight is 316 g/mol. The minimum absolute atomic E-state index is 0.299. The topological polar surface area (TPSA) is 78.4 Å². The second-order valence-corrected chi connectivity index (χ2v) is 5.52.